The molecule has 0 fully saturated rings. The van der Waals surface area contributed by atoms with Gasteiger partial charge >= 0.3 is 0 Å². The van der Waals surface area contributed by atoms with Crippen LogP contribution in [-0.2, 0) is 9.53 Å². The van der Waals surface area contributed by atoms with Crippen molar-refractivity contribution >= 4 is 23.1 Å². The smallest absolute Gasteiger partial charge is 0.235 e. The molecule has 18 heavy (non-hydrogen) atoms. The van der Waals surface area contributed by atoms with Crippen molar-refractivity contribution in [2.24, 2.45) is 11.1 Å². The first-order chi connectivity index (χ1) is 8.41. The van der Waals surface area contributed by atoms with Gasteiger partial charge in [-0.1, -0.05) is 26.1 Å². The number of rotatable bonds is 8. The SMILES string of the molecule is CCN(C(=O)C(CC)(CC)C(N)=S)C(C)COC. The Kier molecular flexibility index (Phi) is 7.40. The fraction of sp³-hybridized carbons (Fsp3) is 0.846. The summed E-state index contributed by atoms with van der Waals surface area (Å²) in [6.07, 6.45) is 1.27. The van der Waals surface area contributed by atoms with Gasteiger partial charge in [0.15, 0.2) is 0 Å². The molecule has 0 aromatic rings. The zero-order valence-electron chi connectivity index (χ0n) is 12.2. The molecule has 0 heterocycles. The molecule has 0 bridgehead atoms. The van der Waals surface area contributed by atoms with Crippen LogP contribution in [0, 0.1) is 5.41 Å². The van der Waals surface area contributed by atoms with Crippen molar-refractivity contribution < 1.29 is 9.53 Å². The molecule has 0 aliphatic carbocycles. The number of carbonyl (C=O) groups excluding carboxylic acids is 1. The van der Waals surface area contributed by atoms with Crippen molar-refractivity contribution in [1.82, 2.24) is 4.90 Å². The Morgan fingerprint density at radius 2 is 1.89 bits per heavy atom. The summed E-state index contributed by atoms with van der Waals surface area (Å²) < 4.78 is 5.12. The minimum absolute atomic E-state index is 0.0204. The lowest BCUT2D eigenvalue weighted by atomic mass is 9.80. The number of thiocarbonyl (C=S) groups is 1. The average Bonchev–Trinajstić information content (AvgIpc) is 2.32. The van der Waals surface area contributed by atoms with Gasteiger partial charge < -0.3 is 15.4 Å². The first kappa shape index (κ1) is 17.3. The monoisotopic (exact) mass is 274 g/mol. The molecule has 0 saturated carbocycles. The van der Waals surface area contributed by atoms with Crippen LogP contribution in [0.25, 0.3) is 0 Å². The van der Waals surface area contributed by atoms with Gasteiger partial charge in [0.05, 0.1) is 23.1 Å². The Morgan fingerprint density at radius 3 is 2.17 bits per heavy atom. The second kappa shape index (κ2) is 7.69. The van der Waals surface area contributed by atoms with E-state index in [-0.39, 0.29) is 11.9 Å². The Bertz CT molecular complexity index is 291. The van der Waals surface area contributed by atoms with E-state index in [9.17, 15) is 4.79 Å². The molecule has 0 radical (unpaired) electrons. The number of nitrogens with two attached hydrogens (primary N) is 1. The number of methoxy groups -OCH3 is 1. The second-order valence-electron chi connectivity index (χ2n) is 4.55. The van der Waals surface area contributed by atoms with Crippen LogP contribution in [0.3, 0.4) is 0 Å². The van der Waals surface area contributed by atoms with Crippen molar-refractivity contribution in [3.05, 3.63) is 0 Å². The minimum Gasteiger partial charge on any atom is -0.392 e. The van der Waals surface area contributed by atoms with Crippen LogP contribution in [0.5, 0.6) is 0 Å². The van der Waals surface area contributed by atoms with E-state index in [0.717, 1.165) is 0 Å². The van der Waals surface area contributed by atoms with Crippen molar-refractivity contribution in [1.29, 1.82) is 0 Å². The van der Waals surface area contributed by atoms with Gasteiger partial charge in [0.1, 0.15) is 0 Å². The van der Waals surface area contributed by atoms with E-state index in [1.54, 1.807) is 12.0 Å². The third-order valence-electron chi connectivity index (χ3n) is 3.63. The van der Waals surface area contributed by atoms with Gasteiger partial charge in [-0.2, -0.15) is 0 Å². The fourth-order valence-corrected chi connectivity index (χ4v) is 2.64. The third kappa shape index (κ3) is 3.42. The van der Waals surface area contributed by atoms with Gasteiger partial charge in [0.25, 0.3) is 0 Å². The molecule has 0 spiro atoms. The zero-order valence-corrected chi connectivity index (χ0v) is 13.0. The summed E-state index contributed by atoms with van der Waals surface area (Å²) in [6, 6.07) is 0.0272. The van der Waals surface area contributed by atoms with E-state index < -0.39 is 5.41 Å². The minimum atomic E-state index is -0.715. The summed E-state index contributed by atoms with van der Waals surface area (Å²) in [5, 5.41) is 0. The summed E-state index contributed by atoms with van der Waals surface area (Å²) >= 11 is 5.12. The molecule has 0 aliphatic heterocycles. The van der Waals surface area contributed by atoms with E-state index in [2.05, 4.69) is 0 Å². The third-order valence-corrected chi connectivity index (χ3v) is 4.02. The van der Waals surface area contributed by atoms with E-state index in [1.807, 2.05) is 27.7 Å². The molecule has 0 aromatic heterocycles. The van der Waals surface area contributed by atoms with Crippen LogP contribution >= 0.6 is 12.2 Å². The predicted octanol–water partition coefficient (Wildman–Crippen LogP) is 1.96. The van der Waals surface area contributed by atoms with Crippen LogP contribution in [0.4, 0.5) is 0 Å². The average molecular weight is 274 g/mol. The standard InChI is InChI=1S/C13H26N2O2S/c1-6-13(7-2,11(14)18)12(16)15(8-3)10(4)9-17-5/h10H,6-9H2,1-5H3,(H2,14,18). The normalized spacial score (nSPS) is 13.2. The maximum absolute atomic E-state index is 12.7. The van der Waals surface area contributed by atoms with Crippen LogP contribution in [-0.4, -0.2) is 42.1 Å². The highest BCUT2D eigenvalue weighted by atomic mass is 32.1. The maximum Gasteiger partial charge on any atom is 0.235 e. The molecular weight excluding hydrogens is 248 g/mol. The molecule has 0 saturated heterocycles. The first-order valence-electron chi connectivity index (χ1n) is 6.51. The molecule has 1 unspecified atom stereocenters. The second-order valence-corrected chi connectivity index (χ2v) is 4.99. The van der Waals surface area contributed by atoms with E-state index in [1.165, 1.54) is 0 Å². The van der Waals surface area contributed by atoms with Crippen molar-refractivity contribution in [3.63, 3.8) is 0 Å². The van der Waals surface area contributed by atoms with Crippen molar-refractivity contribution in [2.45, 2.75) is 46.6 Å². The van der Waals surface area contributed by atoms with E-state index in [0.29, 0.717) is 31.0 Å². The van der Waals surface area contributed by atoms with Gasteiger partial charge in [-0.3, -0.25) is 4.79 Å². The molecule has 2 N–H and O–H groups in total. The highest BCUT2D eigenvalue weighted by molar-refractivity contribution is 7.80. The number of amides is 1. The largest absolute Gasteiger partial charge is 0.392 e. The van der Waals surface area contributed by atoms with E-state index >= 15 is 0 Å². The van der Waals surface area contributed by atoms with Crippen LogP contribution in [0.15, 0.2) is 0 Å². The lowest BCUT2D eigenvalue weighted by molar-refractivity contribution is -0.141. The van der Waals surface area contributed by atoms with Crippen LogP contribution in [0.1, 0.15) is 40.5 Å². The highest BCUT2D eigenvalue weighted by Gasteiger charge is 2.41. The molecule has 4 nitrogen and oxygen atoms in total. The van der Waals surface area contributed by atoms with Crippen molar-refractivity contribution in [2.75, 3.05) is 20.3 Å². The Hall–Kier alpha value is -0.680. The molecule has 0 aliphatic rings. The fourth-order valence-electron chi connectivity index (χ4n) is 2.27. The molecule has 0 rings (SSSR count). The Morgan fingerprint density at radius 1 is 1.39 bits per heavy atom. The number of likely N-dealkylation sites (N-methyl/N-ethyl adjacent to an activating group) is 1. The summed E-state index contributed by atoms with van der Waals surface area (Å²) in [5.41, 5.74) is 5.10. The summed E-state index contributed by atoms with van der Waals surface area (Å²) in [4.78, 5) is 14.8. The van der Waals surface area contributed by atoms with Crippen molar-refractivity contribution in [3.8, 4) is 0 Å². The highest BCUT2D eigenvalue weighted by Crippen LogP contribution is 2.30. The summed E-state index contributed by atoms with van der Waals surface area (Å²) in [6.45, 7) is 8.99. The lowest BCUT2D eigenvalue weighted by Gasteiger charge is -2.37. The van der Waals surface area contributed by atoms with Gasteiger partial charge in [-0.25, -0.2) is 0 Å². The van der Waals surface area contributed by atoms with Gasteiger partial charge in [-0.05, 0) is 26.7 Å². The first-order valence-corrected chi connectivity index (χ1v) is 6.91. The predicted molar refractivity (Wildman–Crippen MR) is 78.5 cm³/mol. The Labute approximate surface area is 116 Å². The maximum atomic E-state index is 12.7. The van der Waals surface area contributed by atoms with Gasteiger partial charge in [-0.15, -0.1) is 0 Å². The molecule has 1 atom stereocenters. The quantitative estimate of drug-likeness (QED) is 0.688. The van der Waals surface area contributed by atoms with Crippen LogP contribution < -0.4 is 5.73 Å². The number of nitrogens with zero attached hydrogens (tertiary/aromatic N) is 1. The molecule has 1 amide bonds. The summed E-state index contributed by atoms with van der Waals surface area (Å²) in [5.74, 6) is 0.0204. The number of hydrogen-bond donors (Lipinski definition) is 1. The summed E-state index contributed by atoms with van der Waals surface area (Å²) in [7, 11) is 1.63. The zero-order chi connectivity index (χ0) is 14.3. The number of carbonyl (C=O) groups is 1. The lowest BCUT2D eigenvalue weighted by Crippen LogP contribution is -2.53. The van der Waals surface area contributed by atoms with Gasteiger partial charge in [0.2, 0.25) is 5.91 Å². The molecular formula is C13H26N2O2S. The molecule has 0 aromatic carbocycles. The van der Waals surface area contributed by atoms with E-state index in [4.69, 9.17) is 22.7 Å². The van der Waals surface area contributed by atoms with Gasteiger partial charge in [0, 0.05) is 13.7 Å². The molecule has 106 valence electrons. The molecule has 5 heteroatoms. The Balaban J connectivity index is 5.22. The van der Waals surface area contributed by atoms with Crippen LogP contribution in [0.2, 0.25) is 0 Å². The topological polar surface area (TPSA) is 55.6 Å². The number of hydrogen-bond acceptors (Lipinski definition) is 3. The number of ether oxygens (including phenoxy) is 1.